The molecule has 0 saturated heterocycles. The predicted octanol–water partition coefficient (Wildman–Crippen LogP) is 4.19. The Labute approximate surface area is 114 Å². The molecule has 4 heteroatoms. The molecular formula is C14H23N3S. The Morgan fingerprint density at radius 2 is 1.94 bits per heavy atom. The van der Waals surface area contributed by atoms with Gasteiger partial charge in [0.05, 0.1) is 0 Å². The molecule has 2 fully saturated rings. The Morgan fingerprint density at radius 1 is 1.17 bits per heavy atom. The maximum Gasteiger partial charge on any atom is 0.202 e. The van der Waals surface area contributed by atoms with Gasteiger partial charge >= 0.3 is 0 Å². The average Bonchev–Trinajstić information content (AvgIpc) is 3.13. The second kappa shape index (κ2) is 5.55. The lowest BCUT2D eigenvalue weighted by Gasteiger charge is -2.28. The molecule has 2 saturated carbocycles. The van der Waals surface area contributed by atoms with Crippen molar-refractivity contribution >= 4 is 16.7 Å². The summed E-state index contributed by atoms with van der Waals surface area (Å²) in [5.41, 5.74) is 0. The fourth-order valence-corrected chi connectivity index (χ4v) is 3.70. The molecule has 1 N–H and O–H groups in total. The number of aromatic nitrogens is 2. The first-order valence-corrected chi connectivity index (χ1v) is 8.22. The lowest BCUT2D eigenvalue weighted by Crippen LogP contribution is -2.26. The molecule has 0 unspecified atom stereocenters. The van der Waals surface area contributed by atoms with E-state index in [4.69, 9.17) is 0 Å². The number of nitrogens with zero attached hydrogens (tertiary/aromatic N) is 2. The highest BCUT2D eigenvalue weighted by molar-refractivity contribution is 7.09. The van der Waals surface area contributed by atoms with Gasteiger partial charge in [0.2, 0.25) is 5.13 Å². The van der Waals surface area contributed by atoms with E-state index in [-0.39, 0.29) is 0 Å². The van der Waals surface area contributed by atoms with Crippen LogP contribution in [-0.2, 0) is 0 Å². The van der Waals surface area contributed by atoms with Crippen molar-refractivity contribution in [2.45, 2.75) is 70.3 Å². The minimum Gasteiger partial charge on any atom is -0.358 e. The van der Waals surface area contributed by atoms with Crippen molar-refractivity contribution in [3.05, 3.63) is 5.82 Å². The van der Waals surface area contributed by atoms with Crippen LogP contribution < -0.4 is 5.32 Å². The molecule has 2 aliphatic rings. The monoisotopic (exact) mass is 265 g/mol. The molecule has 2 aliphatic carbocycles. The topological polar surface area (TPSA) is 37.8 Å². The summed E-state index contributed by atoms with van der Waals surface area (Å²) in [6, 6.07) is 0.637. The number of rotatable bonds is 5. The Hall–Kier alpha value is -0.640. The molecule has 3 rings (SSSR count). The molecule has 0 spiro atoms. The summed E-state index contributed by atoms with van der Waals surface area (Å²) in [7, 11) is 0. The summed E-state index contributed by atoms with van der Waals surface area (Å²) < 4.78 is 4.46. The molecule has 1 aromatic heterocycles. The Kier molecular flexibility index (Phi) is 3.83. The number of anilines is 1. The fraction of sp³-hybridized carbons (Fsp3) is 0.857. The van der Waals surface area contributed by atoms with Crippen LogP contribution in [0.4, 0.5) is 5.13 Å². The summed E-state index contributed by atoms with van der Waals surface area (Å²) in [4.78, 5) is 4.62. The minimum atomic E-state index is 0.637. The molecular weight excluding hydrogens is 242 g/mol. The molecule has 100 valence electrons. The lowest BCUT2D eigenvalue weighted by atomic mass is 9.83. The first kappa shape index (κ1) is 12.4. The highest BCUT2D eigenvalue weighted by Crippen LogP contribution is 2.39. The van der Waals surface area contributed by atoms with Gasteiger partial charge in [-0.25, -0.2) is 4.98 Å². The van der Waals surface area contributed by atoms with Crippen molar-refractivity contribution < 1.29 is 0 Å². The van der Waals surface area contributed by atoms with Crippen molar-refractivity contribution in [1.82, 2.24) is 9.36 Å². The van der Waals surface area contributed by atoms with Crippen LogP contribution in [0.5, 0.6) is 0 Å². The molecule has 1 heterocycles. The second-order valence-electron chi connectivity index (χ2n) is 5.88. The normalized spacial score (nSPS) is 28.3. The zero-order chi connectivity index (χ0) is 12.4. The van der Waals surface area contributed by atoms with Crippen molar-refractivity contribution in [1.29, 1.82) is 0 Å². The van der Waals surface area contributed by atoms with E-state index in [0.717, 1.165) is 16.9 Å². The zero-order valence-corrected chi connectivity index (χ0v) is 12.0. The first-order chi connectivity index (χ1) is 8.85. The summed E-state index contributed by atoms with van der Waals surface area (Å²) in [6.07, 6.45) is 10.7. The van der Waals surface area contributed by atoms with Crippen molar-refractivity contribution in [2.24, 2.45) is 5.92 Å². The van der Waals surface area contributed by atoms with E-state index in [9.17, 15) is 0 Å². The Bertz CT molecular complexity index is 378. The summed E-state index contributed by atoms with van der Waals surface area (Å²) >= 11 is 1.55. The first-order valence-electron chi connectivity index (χ1n) is 7.45. The van der Waals surface area contributed by atoms with Crippen LogP contribution in [0.3, 0.4) is 0 Å². The molecule has 0 aliphatic heterocycles. The Balaban J connectivity index is 1.47. The molecule has 18 heavy (non-hydrogen) atoms. The van der Waals surface area contributed by atoms with E-state index in [1.54, 1.807) is 11.5 Å². The van der Waals surface area contributed by atoms with Gasteiger partial charge in [0.15, 0.2) is 0 Å². The van der Waals surface area contributed by atoms with Crippen LogP contribution in [0.15, 0.2) is 0 Å². The van der Waals surface area contributed by atoms with Crippen LogP contribution in [0.1, 0.15) is 70.0 Å². The number of hydrogen-bond donors (Lipinski definition) is 1. The van der Waals surface area contributed by atoms with Gasteiger partial charge in [-0.2, -0.15) is 4.37 Å². The molecule has 0 amide bonds. The van der Waals surface area contributed by atoms with Crippen LogP contribution in [0.25, 0.3) is 0 Å². The van der Waals surface area contributed by atoms with Crippen LogP contribution in [-0.4, -0.2) is 15.4 Å². The van der Waals surface area contributed by atoms with Gasteiger partial charge in [-0.1, -0.05) is 19.8 Å². The molecule has 0 atom stereocenters. The van der Waals surface area contributed by atoms with E-state index in [0.29, 0.717) is 12.0 Å². The van der Waals surface area contributed by atoms with Crippen LogP contribution in [0, 0.1) is 5.92 Å². The Morgan fingerprint density at radius 3 is 2.61 bits per heavy atom. The van der Waals surface area contributed by atoms with Gasteiger partial charge in [0.1, 0.15) is 5.82 Å². The van der Waals surface area contributed by atoms with Crippen molar-refractivity contribution in [3.8, 4) is 0 Å². The third kappa shape index (κ3) is 3.02. The highest BCUT2D eigenvalue weighted by Gasteiger charge is 2.28. The van der Waals surface area contributed by atoms with E-state index in [1.807, 2.05) is 0 Å². The second-order valence-corrected chi connectivity index (χ2v) is 6.63. The third-order valence-electron chi connectivity index (χ3n) is 4.26. The van der Waals surface area contributed by atoms with E-state index in [1.165, 1.54) is 51.4 Å². The zero-order valence-electron chi connectivity index (χ0n) is 11.2. The van der Waals surface area contributed by atoms with Crippen LogP contribution >= 0.6 is 11.5 Å². The van der Waals surface area contributed by atoms with Gasteiger partial charge in [0.25, 0.3) is 0 Å². The predicted molar refractivity (Wildman–Crippen MR) is 76.2 cm³/mol. The SMILES string of the molecule is CCCC1CCC(Nc2nc(C3CC3)ns2)CC1. The largest absolute Gasteiger partial charge is 0.358 e. The maximum atomic E-state index is 4.62. The lowest BCUT2D eigenvalue weighted by molar-refractivity contribution is 0.319. The van der Waals surface area contributed by atoms with Gasteiger partial charge in [0, 0.05) is 23.5 Å². The molecule has 1 aromatic rings. The number of nitrogens with one attached hydrogen (secondary N) is 1. The van der Waals surface area contributed by atoms with E-state index >= 15 is 0 Å². The van der Waals surface area contributed by atoms with Gasteiger partial charge in [-0.3, -0.25) is 0 Å². The summed E-state index contributed by atoms with van der Waals surface area (Å²) in [5, 5.41) is 4.64. The fourth-order valence-electron chi connectivity index (χ4n) is 2.98. The van der Waals surface area contributed by atoms with Crippen molar-refractivity contribution in [2.75, 3.05) is 5.32 Å². The van der Waals surface area contributed by atoms with Gasteiger partial charge < -0.3 is 5.32 Å². The smallest absolute Gasteiger partial charge is 0.202 e. The summed E-state index contributed by atoms with van der Waals surface area (Å²) in [6.45, 7) is 2.30. The maximum absolute atomic E-state index is 4.62. The minimum absolute atomic E-state index is 0.637. The van der Waals surface area contributed by atoms with E-state index in [2.05, 4.69) is 21.6 Å². The molecule has 3 nitrogen and oxygen atoms in total. The average molecular weight is 265 g/mol. The number of hydrogen-bond acceptors (Lipinski definition) is 4. The molecule has 0 bridgehead atoms. The molecule has 0 aromatic carbocycles. The van der Waals surface area contributed by atoms with E-state index < -0.39 is 0 Å². The van der Waals surface area contributed by atoms with Gasteiger partial charge in [-0.15, -0.1) is 0 Å². The quantitative estimate of drug-likeness (QED) is 0.867. The summed E-state index contributed by atoms with van der Waals surface area (Å²) in [5.74, 6) is 2.74. The standard InChI is InChI=1S/C14H23N3S/c1-2-3-10-4-8-12(9-5-10)15-14-16-13(17-18-14)11-6-7-11/h10-12H,2-9H2,1H3,(H,15,16,17). The molecule has 0 radical (unpaired) electrons. The third-order valence-corrected chi connectivity index (χ3v) is 4.92. The highest BCUT2D eigenvalue weighted by atomic mass is 32.1. The van der Waals surface area contributed by atoms with Crippen LogP contribution in [0.2, 0.25) is 0 Å². The van der Waals surface area contributed by atoms with Gasteiger partial charge in [-0.05, 0) is 44.4 Å². The van der Waals surface area contributed by atoms with Crippen molar-refractivity contribution in [3.63, 3.8) is 0 Å².